The Morgan fingerprint density at radius 2 is 1.63 bits per heavy atom. The average Bonchev–Trinajstić information content (AvgIpc) is 2.37. The summed E-state index contributed by atoms with van der Waals surface area (Å²) in [7, 11) is 0. The number of hydrogen-bond donors (Lipinski definition) is 0. The van der Waals surface area contributed by atoms with Gasteiger partial charge >= 0.3 is 6.18 Å². The summed E-state index contributed by atoms with van der Waals surface area (Å²) in [6.45, 7) is 0. The molecule has 0 aromatic heterocycles. The molecule has 19 heavy (non-hydrogen) atoms. The van der Waals surface area contributed by atoms with E-state index in [2.05, 4.69) is 0 Å². The van der Waals surface area contributed by atoms with Crippen LogP contribution in [-0.4, -0.2) is 0 Å². The number of hydrogen-bond acceptors (Lipinski definition) is 0. The van der Waals surface area contributed by atoms with Crippen LogP contribution in [0.1, 0.15) is 11.1 Å². The summed E-state index contributed by atoms with van der Waals surface area (Å²) in [5.41, 5.74) is 0.486. The first-order valence-electron chi connectivity index (χ1n) is 5.44. The molecule has 0 N–H and O–H groups in total. The van der Waals surface area contributed by atoms with Crippen LogP contribution in [0.25, 0.3) is 11.1 Å². The molecule has 0 atom stereocenters. The molecule has 0 heterocycles. The van der Waals surface area contributed by atoms with Gasteiger partial charge in [0.15, 0.2) is 0 Å². The van der Waals surface area contributed by atoms with E-state index in [9.17, 15) is 13.2 Å². The van der Waals surface area contributed by atoms with E-state index in [1.54, 1.807) is 24.3 Å². The smallest absolute Gasteiger partial charge is 0.166 e. The van der Waals surface area contributed by atoms with E-state index in [4.69, 9.17) is 23.2 Å². The Kier molecular flexibility index (Phi) is 4.07. The fraction of sp³-hybridized carbons (Fsp3) is 0.143. The molecule has 0 aliphatic heterocycles. The summed E-state index contributed by atoms with van der Waals surface area (Å²) in [5, 5.41) is 0.259. The first kappa shape index (κ1) is 14.2. The summed E-state index contributed by atoms with van der Waals surface area (Å²) in [4.78, 5) is 0. The van der Waals surface area contributed by atoms with E-state index in [1.807, 2.05) is 0 Å². The maximum Gasteiger partial charge on any atom is 0.417 e. The van der Waals surface area contributed by atoms with Crippen molar-refractivity contribution in [2.75, 3.05) is 0 Å². The van der Waals surface area contributed by atoms with Gasteiger partial charge in [0.25, 0.3) is 0 Å². The Balaban J connectivity index is 2.60. The van der Waals surface area contributed by atoms with Gasteiger partial charge in [-0.3, -0.25) is 0 Å². The molecule has 2 aromatic rings. The highest BCUT2D eigenvalue weighted by Gasteiger charge is 2.33. The third kappa shape index (κ3) is 3.04. The molecular weight excluding hydrogens is 296 g/mol. The van der Waals surface area contributed by atoms with Crippen LogP contribution < -0.4 is 0 Å². The summed E-state index contributed by atoms with van der Waals surface area (Å²) >= 11 is 11.7. The molecule has 0 bridgehead atoms. The fourth-order valence-electron chi connectivity index (χ4n) is 1.83. The molecule has 0 radical (unpaired) electrons. The van der Waals surface area contributed by atoms with Gasteiger partial charge in [-0.1, -0.05) is 41.9 Å². The first-order valence-corrected chi connectivity index (χ1v) is 6.35. The molecule has 0 aliphatic carbocycles. The van der Waals surface area contributed by atoms with Crippen LogP contribution in [0.3, 0.4) is 0 Å². The molecule has 0 spiro atoms. The number of rotatable bonds is 2. The third-order valence-electron chi connectivity index (χ3n) is 2.71. The second-order valence-electron chi connectivity index (χ2n) is 3.99. The number of alkyl halides is 4. The molecule has 0 unspecified atom stereocenters. The third-order valence-corrected chi connectivity index (χ3v) is 3.33. The minimum Gasteiger partial charge on any atom is -0.166 e. The molecule has 0 amide bonds. The molecule has 0 nitrogen and oxygen atoms in total. The second kappa shape index (κ2) is 5.43. The van der Waals surface area contributed by atoms with Crippen molar-refractivity contribution in [1.82, 2.24) is 0 Å². The Bertz CT molecular complexity index is 591. The molecule has 0 fully saturated rings. The SMILES string of the molecule is FC(F)(F)c1ccccc1-c1ccc(CCl)cc1Cl. The van der Waals surface area contributed by atoms with Gasteiger partial charge in [-0.05, 0) is 23.3 Å². The quantitative estimate of drug-likeness (QED) is 0.618. The van der Waals surface area contributed by atoms with Crippen molar-refractivity contribution >= 4 is 23.2 Å². The monoisotopic (exact) mass is 304 g/mol. The molecule has 0 saturated heterocycles. The highest BCUT2D eigenvalue weighted by molar-refractivity contribution is 6.33. The molecule has 100 valence electrons. The van der Waals surface area contributed by atoms with Gasteiger partial charge in [0.05, 0.1) is 5.56 Å². The number of benzene rings is 2. The van der Waals surface area contributed by atoms with Crippen LogP contribution >= 0.6 is 23.2 Å². The lowest BCUT2D eigenvalue weighted by molar-refractivity contribution is -0.137. The van der Waals surface area contributed by atoms with E-state index in [1.165, 1.54) is 12.1 Å². The minimum atomic E-state index is -4.41. The van der Waals surface area contributed by atoms with Gasteiger partial charge in [-0.25, -0.2) is 0 Å². The Morgan fingerprint density at radius 1 is 0.947 bits per heavy atom. The zero-order valence-corrected chi connectivity index (χ0v) is 11.2. The fourth-order valence-corrected chi connectivity index (χ4v) is 2.30. The van der Waals surface area contributed by atoms with E-state index in [0.717, 1.165) is 11.6 Å². The minimum absolute atomic E-state index is 0.0705. The lowest BCUT2D eigenvalue weighted by atomic mass is 9.98. The van der Waals surface area contributed by atoms with E-state index < -0.39 is 11.7 Å². The lowest BCUT2D eigenvalue weighted by Gasteiger charge is -2.14. The van der Waals surface area contributed by atoms with Crippen LogP contribution in [0.4, 0.5) is 13.2 Å². The van der Waals surface area contributed by atoms with E-state index in [0.29, 0.717) is 5.56 Å². The zero-order valence-electron chi connectivity index (χ0n) is 9.64. The van der Waals surface area contributed by atoms with Crippen molar-refractivity contribution < 1.29 is 13.2 Å². The van der Waals surface area contributed by atoms with Crippen LogP contribution in [0.15, 0.2) is 42.5 Å². The topological polar surface area (TPSA) is 0 Å². The van der Waals surface area contributed by atoms with E-state index in [-0.39, 0.29) is 16.5 Å². The van der Waals surface area contributed by atoms with Gasteiger partial charge in [0.2, 0.25) is 0 Å². The van der Waals surface area contributed by atoms with Crippen LogP contribution in [0.2, 0.25) is 5.02 Å². The maximum atomic E-state index is 12.9. The highest BCUT2D eigenvalue weighted by Crippen LogP contribution is 2.39. The standard InChI is InChI=1S/C14H9Cl2F3/c15-8-9-5-6-11(13(16)7-9)10-3-1-2-4-12(10)14(17,18)19/h1-7H,8H2. The zero-order chi connectivity index (χ0) is 14.0. The summed E-state index contributed by atoms with van der Waals surface area (Å²) in [6.07, 6.45) is -4.41. The largest absolute Gasteiger partial charge is 0.417 e. The van der Waals surface area contributed by atoms with Crippen molar-refractivity contribution in [2.24, 2.45) is 0 Å². The lowest BCUT2D eigenvalue weighted by Crippen LogP contribution is -2.07. The van der Waals surface area contributed by atoms with Crippen molar-refractivity contribution in [1.29, 1.82) is 0 Å². The van der Waals surface area contributed by atoms with Gasteiger partial charge < -0.3 is 0 Å². The molecule has 0 aliphatic rings. The first-order chi connectivity index (χ1) is 8.93. The molecule has 0 saturated carbocycles. The normalized spacial score (nSPS) is 11.6. The Labute approximate surface area is 118 Å². The van der Waals surface area contributed by atoms with Crippen molar-refractivity contribution in [3.63, 3.8) is 0 Å². The van der Waals surface area contributed by atoms with Crippen molar-refractivity contribution in [2.45, 2.75) is 12.1 Å². The number of halogens is 5. The van der Waals surface area contributed by atoms with Crippen molar-refractivity contribution in [3.05, 3.63) is 58.6 Å². The van der Waals surface area contributed by atoms with Crippen LogP contribution in [-0.2, 0) is 12.1 Å². The molecular formula is C14H9Cl2F3. The van der Waals surface area contributed by atoms with Gasteiger partial charge in [0.1, 0.15) is 0 Å². The molecule has 2 rings (SSSR count). The van der Waals surface area contributed by atoms with Crippen molar-refractivity contribution in [3.8, 4) is 11.1 Å². The summed E-state index contributed by atoms with van der Waals surface area (Å²) < 4.78 is 38.8. The maximum absolute atomic E-state index is 12.9. The second-order valence-corrected chi connectivity index (χ2v) is 4.67. The van der Waals surface area contributed by atoms with E-state index >= 15 is 0 Å². The van der Waals surface area contributed by atoms with Crippen LogP contribution in [0.5, 0.6) is 0 Å². The van der Waals surface area contributed by atoms with Crippen LogP contribution in [0, 0.1) is 0 Å². The Morgan fingerprint density at radius 3 is 2.21 bits per heavy atom. The van der Waals surface area contributed by atoms with Gasteiger partial charge in [0, 0.05) is 16.5 Å². The average molecular weight is 305 g/mol. The summed E-state index contributed by atoms with van der Waals surface area (Å²) in [5.74, 6) is 0.265. The predicted molar refractivity (Wildman–Crippen MR) is 71.4 cm³/mol. The Hall–Kier alpha value is -1.19. The van der Waals surface area contributed by atoms with Gasteiger partial charge in [-0.2, -0.15) is 13.2 Å². The highest BCUT2D eigenvalue weighted by atomic mass is 35.5. The predicted octanol–water partition coefficient (Wildman–Crippen LogP) is 5.76. The molecule has 5 heteroatoms. The summed E-state index contributed by atoms with van der Waals surface area (Å²) in [6, 6.07) is 10.2. The van der Waals surface area contributed by atoms with Gasteiger partial charge in [-0.15, -0.1) is 11.6 Å². The molecule has 2 aromatic carbocycles.